The first kappa shape index (κ1) is 29.3. The molecule has 216 valence electrons. The Balaban J connectivity index is 1.29. The second-order valence-electron chi connectivity index (χ2n) is 9.49. The summed E-state index contributed by atoms with van der Waals surface area (Å²) in [6.07, 6.45) is 1.59. The predicted octanol–water partition coefficient (Wildman–Crippen LogP) is 5.88. The van der Waals surface area contributed by atoms with Crippen LogP contribution in [0.2, 0.25) is 0 Å². The molecule has 4 aromatic carbocycles. The largest absolute Gasteiger partial charge is 0.493 e. The molecule has 0 spiro atoms. The van der Waals surface area contributed by atoms with Gasteiger partial charge in [-0.1, -0.05) is 54.6 Å². The molecule has 1 heterocycles. The number of hydrogen-bond acceptors (Lipinski definition) is 6. The van der Waals surface area contributed by atoms with E-state index in [9.17, 15) is 19.2 Å². The number of benzene rings is 4. The molecule has 2 N–H and O–H groups in total. The van der Waals surface area contributed by atoms with Crippen molar-refractivity contribution >= 4 is 47.2 Å². The summed E-state index contributed by atoms with van der Waals surface area (Å²) >= 11 is 1.46. The van der Waals surface area contributed by atoms with Crippen LogP contribution in [0.4, 0.5) is 5.69 Å². The molecule has 43 heavy (non-hydrogen) atoms. The third-order valence-electron chi connectivity index (χ3n) is 6.60. The van der Waals surface area contributed by atoms with Crippen LogP contribution in [0, 0.1) is 0 Å². The second kappa shape index (κ2) is 13.7. The molecular weight excluding hydrogens is 562 g/mol. The molecule has 0 saturated heterocycles. The zero-order valence-electron chi connectivity index (χ0n) is 23.4. The maximum atomic E-state index is 13.5. The highest BCUT2D eigenvalue weighted by Gasteiger charge is 2.34. The van der Waals surface area contributed by atoms with E-state index < -0.39 is 11.8 Å². The van der Waals surface area contributed by atoms with Gasteiger partial charge in [-0.05, 0) is 61.5 Å². The van der Waals surface area contributed by atoms with E-state index in [-0.39, 0.29) is 24.1 Å². The molecule has 0 fully saturated rings. The van der Waals surface area contributed by atoms with Gasteiger partial charge >= 0.3 is 0 Å². The quantitative estimate of drug-likeness (QED) is 0.128. The smallest absolute Gasteiger partial charge is 0.272 e. The molecule has 1 aliphatic rings. The first-order valence-corrected chi connectivity index (χ1v) is 14.7. The number of carbonyl (C=O) groups excluding carboxylic acids is 4. The van der Waals surface area contributed by atoms with E-state index in [1.807, 2.05) is 31.2 Å². The number of anilines is 1. The van der Waals surface area contributed by atoms with Crippen LogP contribution in [-0.2, 0) is 4.79 Å². The summed E-state index contributed by atoms with van der Waals surface area (Å²) in [5.74, 6) is -0.442. The van der Waals surface area contributed by atoms with E-state index in [2.05, 4.69) is 10.6 Å². The van der Waals surface area contributed by atoms with E-state index in [0.29, 0.717) is 46.1 Å². The summed E-state index contributed by atoms with van der Waals surface area (Å²) in [4.78, 5) is 53.9. The van der Waals surface area contributed by atoms with Gasteiger partial charge in [0.05, 0.1) is 17.7 Å². The summed E-state index contributed by atoms with van der Waals surface area (Å²) in [5, 5.41) is 5.62. The lowest BCUT2D eigenvalue weighted by molar-refractivity contribution is -0.113. The molecule has 4 amide bonds. The lowest BCUT2D eigenvalue weighted by atomic mass is 10.1. The maximum absolute atomic E-state index is 13.5. The molecular formula is C34H29N3O5S. The van der Waals surface area contributed by atoms with Crippen molar-refractivity contribution in [3.05, 3.63) is 131 Å². The average Bonchev–Trinajstić information content (AvgIpc) is 3.27. The van der Waals surface area contributed by atoms with E-state index in [1.54, 1.807) is 84.9 Å². The number of hydrogen-bond donors (Lipinski definition) is 2. The van der Waals surface area contributed by atoms with Crippen molar-refractivity contribution in [1.29, 1.82) is 0 Å². The molecule has 0 radical (unpaired) electrons. The lowest BCUT2D eigenvalue weighted by Gasteiger charge is -2.14. The Kier molecular flexibility index (Phi) is 9.33. The van der Waals surface area contributed by atoms with Crippen LogP contribution in [0.5, 0.6) is 5.75 Å². The zero-order chi connectivity index (χ0) is 30.2. The van der Waals surface area contributed by atoms with Crippen molar-refractivity contribution in [2.75, 3.05) is 24.2 Å². The molecule has 0 aliphatic carbocycles. The number of nitrogens with one attached hydrogen (secondary N) is 2. The number of carbonyl (C=O) groups is 4. The van der Waals surface area contributed by atoms with Gasteiger partial charge in [-0.25, -0.2) is 0 Å². The highest BCUT2D eigenvalue weighted by atomic mass is 32.2. The summed E-state index contributed by atoms with van der Waals surface area (Å²) in [6.45, 7) is 2.57. The minimum atomic E-state index is -0.510. The number of thioether (sulfide) groups is 1. The van der Waals surface area contributed by atoms with Gasteiger partial charge in [0, 0.05) is 34.0 Å². The van der Waals surface area contributed by atoms with Gasteiger partial charge < -0.3 is 15.4 Å². The molecule has 9 heteroatoms. The highest BCUT2D eigenvalue weighted by Crippen LogP contribution is 2.26. The Morgan fingerprint density at radius 3 is 2.23 bits per heavy atom. The van der Waals surface area contributed by atoms with Crippen LogP contribution < -0.4 is 15.4 Å². The Bertz CT molecular complexity index is 1670. The number of ether oxygens (including phenoxy) is 1. The van der Waals surface area contributed by atoms with Gasteiger partial charge in [-0.15, -0.1) is 11.8 Å². The summed E-state index contributed by atoms with van der Waals surface area (Å²) in [5.41, 5.74) is 2.47. The fourth-order valence-corrected chi connectivity index (χ4v) is 5.44. The minimum absolute atomic E-state index is 0.0460. The molecule has 0 aromatic heterocycles. The number of imide groups is 1. The van der Waals surface area contributed by atoms with Crippen molar-refractivity contribution in [2.45, 2.75) is 11.8 Å². The predicted molar refractivity (Wildman–Crippen MR) is 167 cm³/mol. The number of amides is 4. The van der Waals surface area contributed by atoms with Gasteiger partial charge in [0.1, 0.15) is 11.4 Å². The summed E-state index contributed by atoms with van der Waals surface area (Å²) in [6, 6.07) is 30.0. The van der Waals surface area contributed by atoms with Gasteiger partial charge in [-0.2, -0.15) is 0 Å². The first-order chi connectivity index (χ1) is 20.9. The van der Waals surface area contributed by atoms with E-state index >= 15 is 0 Å². The topological polar surface area (TPSA) is 105 Å². The fraction of sp³-hybridized carbons (Fsp3) is 0.118. The molecule has 8 nitrogen and oxygen atoms in total. The lowest BCUT2D eigenvalue weighted by Crippen LogP contribution is -2.31. The number of rotatable bonds is 11. The Hall–Kier alpha value is -5.15. The minimum Gasteiger partial charge on any atom is -0.493 e. The van der Waals surface area contributed by atoms with Gasteiger partial charge in [0.25, 0.3) is 23.6 Å². The third kappa shape index (κ3) is 7.02. The van der Waals surface area contributed by atoms with Gasteiger partial charge in [0.15, 0.2) is 0 Å². The standard InChI is InChI=1S/C34H29N3O5S/c1-2-42-30-18-9-6-13-24(30)21-29(36-31(38)23-11-4-3-5-12-23)32(39)35-25-14-10-15-26(22-25)43-20-19-37-33(40)27-16-7-8-17-28(27)34(37)41/h3-18,21-22H,2,19-20H2,1H3,(H,35,39)(H,36,38)/b29-21+. The fourth-order valence-electron chi connectivity index (χ4n) is 4.54. The molecule has 1 aliphatic heterocycles. The number of fused-ring (bicyclic) bond motifs is 1. The summed E-state index contributed by atoms with van der Waals surface area (Å²) in [7, 11) is 0. The van der Waals surface area contributed by atoms with Gasteiger partial charge in [-0.3, -0.25) is 24.1 Å². The van der Waals surface area contributed by atoms with Crippen LogP contribution in [0.15, 0.2) is 114 Å². The van der Waals surface area contributed by atoms with Crippen molar-refractivity contribution < 1.29 is 23.9 Å². The van der Waals surface area contributed by atoms with E-state index in [1.165, 1.54) is 16.7 Å². The first-order valence-electron chi connectivity index (χ1n) is 13.7. The van der Waals surface area contributed by atoms with E-state index in [4.69, 9.17) is 4.74 Å². The molecule has 5 rings (SSSR count). The van der Waals surface area contributed by atoms with Crippen molar-refractivity contribution in [3.63, 3.8) is 0 Å². The maximum Gasteiger partial charge on any atom is 0.272 e. The zero-order valence-corrected chi connectivity index (χ0v) is 24.2. The monoisotopic (exact) mass is 591 g/mol. The average molecular weight is 592 g/mol. The van der Waals surface area contributed by atoms with E-state index in [0.717, 1.165) is 4.90 Å². The molecule has 4 aromatic rings. The van der Waals surface area contributed by atoms with Crippen molar-refractivity contribution in [1.82, 2.24) is 10.2 Å². The summed E-state index contributed by atoms with van der Waals surface area (Å²) < 4.78 is 5.71. The van der Waals surface area contributed by atoms with Crippen molar-refractivity contribution in [3.8, 4) is 5.75 Å². The normalized spacial score (nSPS) is 12.6. The van der Waals surface area contributed by atoms with Crippen LogP contribution in [-0.4, -0.2) is 47.4 Å². The van der Waals surface area contributed by atoms with Crippen LogP contribution in [0.1, 0.15) is 43.6 Å². The second-order valence-corrected chi connectivity index (χ2v) is 10.7. The number of nitrogens with zero attached hydrogens (tertiary/aromatic N) is 1. The van der Waals surface area contributed by atoms with Crippen LogP contribution >= 0.6 is 11.8 Å². The third-order valence-corrected chi connectivity index (χ3v) is 7.58. The van der Waals surface area contributed by atoms with Crippen LogP contribution in [0.25, 0.3) is 6.08 Å². The SMILES string of the molecule is CCOc1ccccc1/C=C(/NC(=O)c1ccccc1)C(=O)Nc1cccc(SCCN2C(=O)c3ccccc3C2=O)c1. The van der Waals surface area contributed by atoms with Crippen LogP contribution in [0.3, 0.4) is 0 Å². The molecule has 0 atom stereocenters. The Labute approximate surface area is 253 Å². The van der Waals surface area contributed by atoms with Gasteiger partial charge in [0.2, 0.25) is 0 Å². The molecule has 0 unspecified atom stereocenters. The molecule has 0 saturated carbocycles. The Morgan fingerprint density at radius 1 is 0.837 bits per heavy atom. The highest BCUT2D eigenvalue weighted by molar-refractivity contribution is 7.99. The number of para-hydroxylation sites is 1. The molecule has 0 bridgehead atoms. The van der Waals surface area contributed by atoms with Crippen molar-refractivity contribution in [2.24, 2.45) is 0 Å². The Morgan fingerprint density at radius 2 is 1.51 bits per heavy atom.